The molecular weight excluding hydrogens is 281 g/mol. The lowest BCUT2D eigenvalue weighted by Crippen LogP contribution is -2.26. The second-order valence-corrected chi connectivity index (χ2v) is 4.79. The van der Waals surface area contributed by atoms with Gasteiger partial charge in [0.2, 0.25) is 5.91 Å². The summed E-state index contributed by atoms with van der Waals surface area (Å²) in [6.45, 7) is 2.79. The molecule has 3 nitrogen and oxygen atoms in total. The average Bonchev–Trinajstić information content (AvgIpc) is 2.52. The first-order valence-corrected chi connectivity index (χ1v) is 7.05. The molecule has 2 rings (SSSR count). The number of rotatable bonds is 6. The zero-order chi connectivity index (χ0) is 15.8. The zero-order valence-corrected chi connectivity index (χ0v) is 12.4. The normalized spacial score (nSPS) is 10.6. The molecule has 0 unspecified atom stereocenters. The molecule has 0 spiro atoms. The molecule has 0 fully saturated rings. The first-order valence-electron chi connectivity index (χ1n) is 7.05. The summed E-state index contributed by atoms with van der Waals surface area (Å²) in [5.41, 5.74) is 1.83. The maximum absolute atomic E-state index is 12.7. The van der Waals surface area contributed by atoms with Crippen LogP contribution in [0, 0.1) is 12.7 Å². The van der Waals surface area contributed by atoms with Crippen molar-refractivity contribution in [2.24, 2.45) is 0 Å². The van der Waals surface area contributed by atoms with Crippen LogP contribution < -0.4 is 10.1 Å². The van der Waals surface area contributed by atoms with Crippen LogP contribution in [0.3, 0.4) is 0 Å². The SMILES string of the molecule is Cc1ccccc1OCCNC(=O)/C=C/c1ccc(F)cc1. The van der Waals surface area contributed by atoms with Crippen LogP contribution in [-0.2, 0) is 4.79 Å². The van der Waals surface area contributed by atoms with Crippen LogP contribution in [0.2, 0.25) is 0 Å². The Morgan fingerprint density at radius 3 is 2.64 bits per heavy atom. The summed E-state index contributed by atoms with van der Waals surface area (Å²) in [6.07, 6.45) is 3.05. The topological polar surface area (TPSA) is 38.3 Å². The molecule has 22 heavy (non-hydrogen) atoms. The molecular formula is C18H18FNO2. The highest BCUT2D eigenvalue weighted by molar-refractivity contribution is 5.91. The maximum Gasteiger partial charge on any atom is 0.244 e. The molecule has 2 aromatic rings. The van der Waals surface area contributed by atoms with E-state index < -0.39 is 0 Å². The minimum Gasteiger partial charge on any atom is -0.491 e. The zero-order valence-electron chi connectivity index (χ0n) is 12.4. The number of carbonyl (C=O) groups is 1. The fourth-order valence-electron chi connectivity index (χ4n) is 1.86. The van der Waals surface area contributed by atoms with E-state index in [1.165, 1.54) is 18.2 Å². The summed E-state index contributed by atoms with van der Waals surface area (Å²) in [7, 11) is 0. The van der Waals surface area contributed by atoms with E-state index in [1.807, 2.05) is 31.2 Å². The van der Waals surface area contributed by atoms with Crippen molar-refractivity contribution in [2.75, 3.05) is 13.2 Å². The van der Waals surface area contributed by atoms with Crippen LogP contribution in [-0.4, -0.2) is 19.1 Å². The number of halogens is 1. The largest absolute Gasteiger partial charge is 0.491 e. The van der Waals surface area contributed by atoms with Gasteiger partial charge in [-0.2, -0.15) is 0 Å². The van der Waals surface area contributed by atoms with Gasteiger partial charge in [0.15, 0.2) is 0 Å². The highest BCUT2D eigenvalue weighted by Crippen LogP contribution is 2.15. The van der Waals surface area contributed by atoms with Gasteiger partial charge in [-0.15, -0.1) is 0 Å². The van der Waals surface area contributed by atoms with Crippen molar-refractivity contribution in [3.63, 3.8) is 0 Å². The van der Waals surface area contributed by atoms with E-state index in [9.17, 15) is 9.18 Å². The molecule has 0 aromatic heterocycles. The van der Waals surface area contributed by atoms with Crippen molar-refractivity contribution in [1.29, 1.82) is 0 Å². The van der Waals surface area contributed by atoms with Gasteiger partial charge in [-0.05, 0) is 42.3 Å². The molecule has 1 N–H and O–H groups in total. The van der Waals surface area contributed by atoms with Gasteiger partial charge in [-0.25, -0.2) is 4.39 Å². The Bertz CT molecular complexity index is 650. The average molecular weight is 299 g/mol. The lowest BCUT2D eigenvalue weighted by Gasteiger charge is -2.08. The molecule has 0 atom stereocenters. The van der Waals surface area contributed by atoms with E-state index in [0.29, 0.717) is 13.2 Å². The highest BCUT2D eigenvalue weighted by atomic mass is 19.1. The maximum atomic E-state index is 12.7. The summed E-state index contributed by atoms with van der Waals surface area (Å²) >= 11 is 0. The molecule has 0 bridgehead atoms. The van der Waals surface area contributed by atoms with Gasteiger partial charge in [0, 0.05) is 6.08 Å². The predicted octanol–water partition coefficient (Wildman–Crippen LogP) is 3.34. The van der Waals surface area contributed by atoms with Crippen LogP contribution in [0.5, 0.6) is 5.75 Å². The van der Waals surface area contributed by atoms with E-state index in [0.717, 1.165) is 16.9 Å². The van der Waals surface area contributed by atoms with Crippen molar-refractivity contribution in [1.82, 2.24) is 5.32 Å². The number of amides is 1. The number of hydrogen-bond acceptors (Lipinski definition) is 2. The van der Waals surface area contributed by atoms with Crippen LogP contribution in [0.4, 0.5) is 4.39 Å². The number of para-hydroxylation sites is 1. The third-order valence-electron chi connectivity index (χ3n) is 3.05. The fourth-order valence-corrected chi connectivity index (χ4v) is 1.86. The van der Waals surface area contributed by atoms with Crippen LogP contribution in [0.25, 0.3) is 6.08 Å². The Morgan fingerprint density at radius 1 is 1.18 bits per heavy atom. The summed E-state index contributed by atoms with van der Waals surface area (Å²) in [4.78, 5) is 11.6. The summed E-state index contributed by atoms with van der Waals surface area (Å²) in [5.74, 6) is 0.311. The second kappa shape index (κ2) is 7.98. The molecule has 0 radical (unpaired) electrons. The summed E-state index contributed by atoms with van der Waals surface area (Å²) < 4.78 is 18.3. The minimum absolute atomic E-state index is 0.210. The number of hydrogen-bond donors (Lipinski definition) is 1. The predicted molar refractivity (Wildman–Crippen MR) is 85.1 cm³/mol. The lowest BCUT2D eigenvalue weighted by atomic mass is 10.2. The molecule has 0 aliphatic carbocycles. The Labute approximate surface area is 129 Å². The van der Waals surface area contributed by atoms with E-state index in [2.05, 4.69) is 5.32 Å². The van der Waals surface area contributed by atoms with Gasteiger partial charge in [0.1, 0.15) is 18.2 Å². The Balaban J connectivity index is 1.72. The van der Waals surface area contributed by atoms with Crippen molar-refractivity contribution in [2.45, 2.75) is 6.92 Å². The number of aryl methyl sites for hydroxylation is 1. The molecule has 0 aliphatic rings. The summed E-state index contributed by atoms with van der Waals surface area (Å²) in [6, 6.07) is 13.7. The lowest BCUT2D eigenvalue weighted by molar-refractivity contribution is -0.116. The van der Waals surface area contributed by atoms with Crippen LogP contribution in [0.15, 0.2) is 54.6 Å². The van der Waals surface area contributed by atoms with E-state index in [1.54, 1.807) is 18.2 Å². The molecule has 2 aromatic carbocycles. The summed E-state index contributed by atoms with van der Waals surface area (Å²) in [5, 5.41) is 2.73. The van der Waals surface area contributed by atoms with Gasteiger partial charge >= 0.3 is 0 Å². The molecule has 0 saturated heterocycles. The van der Waals surface area contributed by atoms with Crippen molar-refractivity contribution < 1.29 is 13.9 Å². The quantitative estimate of drug-likeness (QED) is 0.656. The molecule has 114 valence electrons. The van der Waals surface area contributed by atoms with E-state index in [-0.39, 0.29) is 11.7 Å². The van der Waals surface area contributed by atoms with Crippen molar-refractivity contribution in [3.8, 4) is 5.75 Å². The van der Waals surface area contributed by atoms with Crippen LogP contribution in [0.1, 0.15) is 11.1 Å². The molecule has 1 amide bonds. The molecule has 0 heterocycles. The minimum atomic E-state index is -0.296. The monoisotopic (exact) mass is 299 g/mol. The first kappa shape index (κ1) is 15.8. The van der Waals surface area contributed by atoms with E-state index >= 15 is 0 Å². The first-order chi connectivity index (χ1) is 10.6. The number of carbonyl (C=O) groups excluding carboxylic acids is 1. The molecule has 0 aliphatic heterocycles. The Hall–Kier alpha value is -2.62. The Kier molecular flexibility index (Phi) is 5.72. The Morgan fingerprint density at radius 2 is 1.91 bits per heavy atom. The standard InChI is InChI=1S/C18H18FNO2/c1-14-4-2-3-5-17(14)22-13-12-20-18(21)11-8-15-6-9-16(19)10-7-15/h2-11H,12-13H2,1H3,(H,20,21)/b11-8+. The smallest absolute Gasteiger partial charge is 0.244 e. The third kappa shape index (κ3) is 5.05. The van der Waals surface area contributed by atoms with Gasteiger partial charge in [-0.3, -0.25) is 4.79 Å². The van der Waals surface area contributed by atoms with Gasteiger partial charge in [0.25, 0.3) is 0 Å². The van der Waals surface area contributed by atoms with Crippen LogP contribution >= 0.6 is 0 Å². The van der Waals surface area contributed by atoms with Gasteiger partial charge < -0.3 is 10.1 Å². The van der Waals surface area contributed by atoms with Gasteiger partial charge in [-0.1, -0.05) is 30.3 Å². The number of ether oxygens (including phenoxy) is 1. The van der Waals surface area contributed by atoms with E-state index in [4.69, 9.17) is 4.74 Å². The second-order valence-electron chi connectivity index (χ2n) is 4.79. The number of nitrogens with one attached hydrogen (secondary N) is 1. The number of benzene rings is 2. The van der Waals surface area contributed by atoms with Crippen molar-refractivity contribution >= 4 is 12.0 Å². The highest BCUT2D eigenvalue weighted by Gasteiger charge is 1.99. The van der Waals surface area contributed by atoms with Gasteiger partial charge in [0.05, 0.1) is 6.54 Å². The molecule has 0 saturated carbocycles. The third-order valence-corrected chi connectivity index (χ3v) is 3.05. The van der Waals surface area contributed by atoms with Crippen molar-refractivity contribution in [3.05, 3.63) is 71.6 Å². The fraction of sp³-hybridized carbons (Fsp3) is 0.167. The molecule has 4 heteroatoms.